The lowest BCUT2D eigenvalue weighted by Crippen LogP contribution is -2.13. The van der Waals surface area contributed by atoms with E-state index in [2.05, 4.69) is 22.4 Å². The van der Waals surface area contributed by atoms with Crippen LogP contribution >= 0.6 is 0 Å². The van der Waals surface area contributed by atoms with Crippen LogP contribution in [0.3, 0.4) is 0 Å². The minimum atomic E-state index is 0.415. The van der Waals surface area contributed by atoms with Gasteiger partial charge in [-0.25, -0.2) is 4.68 Å². The first-order chi connectivity index (χ1) is 9.15. The summed E-state index contributed by atoms with van der Waals surface area (Å²) in [7, 11) is 0. The van der Waals surface area contributed by atoms with Crippen molar-refractivity contribution in [3.8, 4) is 11.4 Å². The summed E-state index contributed by atoms with van der Waals surface area (Å²) in [6.45, 7) is 5.15. The van der Waals surface area contributed by atoms with Gasteiger partial charge in [-0.1, -0.05) is 19.1 Å². The highest BCUT2D eigenvalue weighted by atomic mass is 15.5. The molecule has 100 valence electrons. The van der Waals surface area contributed by atoms with Crippen molar-refractivity contribution < 1.29 is 0 Å². The molecule has 2 aromatic rings. The number of hydrogen-bond donors (Lipinski definition) is 1. The van der Waals surface area contributed by atoms with Gasteiger partial charge in [0, 0.05) is 11.3 Å². The summed E-state index contributed by atoms with van der Waals surface area (Å²) in [6.07, 6.45) is 3.74. The number of tetrazole rings is 1. The summed E-state index contributed by atoms with van der Waals surface area (Å²) in [5, 5.41) is 12.2. The van der Waals surface area contributed by atoms with E-state index in [0.29, 0.717) is 5.41 Å². The van der Waals surface area contributed by atoms with E-state index in [9.17, 15) is 0 Å². The average Bonchev–Trinajstić information content (AvgIpc) is 3.04. The number of nitrogens with zero attached hydrogens (tertiary/aromatic N) is 4. The summed E-state index contributed by atoms with van der Waals surface area (Å²) in [5.74, 6) is 0.824. The lowest BCUT2D eigenvalue weighted by Gasteiger charge is -2.14. The van der Waals surface area contributed by atoms with E-state index in [1.165, 1.54) is 19.3 Å². The molecule has 2 N–H and O–H groups in total. The molecule has 19 heavy (non-hydrogen) atoms. The Balaban J connectivity index is 1.98. The van der Waals surface area contributed by atoms with Crippen LogP contribution in [0, 0.1) is 12.3 Å². The smallest absolute Gasteiger partial charge is 0.182 e. The molecule has 3 rings (SSSR count). The molecule has 0 saturated heterocycles. The molecular formula is C14H19N5. The molecule has 1 heterocycles. The zero-order valence-corrected chi connectivity index (χ0v) is 11.4. The van der Waals surface area contributed by atoms with Crippen molar-refractivity contribution in [2.75, 3.05) is 5.73 Å². The minimum absolute atomic E-state index is 0.415. The molecule has 5 nitrogen and oxygen atoms in total. The van der Waals surface area contributed by atoms with E-state index in [0.717, 1.165) is 29.2 Å². The average molecular weight is 257 g/mol. The van der Waals surface area contributed by atoms with Crippen molar-refractivity contribution in [2.24, 2.45) is 5.41 Å². The highest BCUT2D eigenvalue weighted by Crippen LogP contribution is 2.50. The number of nitrogens with two attached hydrogens (primary N) is 1. The van der Waals surface area contributed by atoms with Crippen LogP contribution in [0.2, 0.25) is 0 Å². The van der Waals surface area contributed by atoms with Gasteiger partial charge in [-0.3, -0.25) is 0 Å². The number of nitrogen functional groups attached to an aromatic ring is 1. The van der Waals surface area contributed by atoms with Crippen LogP contribution < -0.4 is 5.73 Å². The van der Waals surface area contributed by atoms with Crippen LogP contribution in [0.1, 0.15) is 31.7 Å². The fourth-order valence-corrected chi connectivity index (χ4v) is 2.52. The van der Waals surface area contributed by atoms with Gasteiger partial charge in [-0.05, 0) is 53.7 Å². The third-order valence-corrected chi connectivity index (χ3v) is 4.34. The lowest BCUT2D eigenvalue weighted by atomic mass is 10.0. The van der Waals surface area contributed by atoms with Gasteiger partial charge < -0.3 is 5.73 Å². The SMILES string of the molecule is CCC1(Cn2nnnc2-c2cccc(N)c2C)CC1. The van der Waals surface area contributed by atoms with Crippen molar-refractivity contribution >= 4 is 5.69 Å². The van der Waals surface area contributed by atoms with E-state index in [1.807, 2.05) is 29.8 Å². The molecule has 0 radical (unpaired) electrons. The maximum Gasteiger partial charge on any atom is 0.182 e. The molecule has 0 atom stereocenters. The Bertz CT molecular complexity index is 598. The van der Waals surface area contributed by atoms with Crippen LogP contribution in [0.5, 0.6) is 0 Å². The molecule has 0 unspecified atom stereocenters. The summed E-state index contributed by atoms with van der Waals surface area (Å²) < 4.78 is 1.93. The highest BCUT2D eigenvalue weighted by molar-refractivity contribution is 5.67. The Kier molecular flexibility index (Phi) is 2.77. The number of rotatable bonds is 4. The van der Waals surface area contributed by atoms with Gasteiger partial charge in [0.2, 0.25) is 0 Å². The third kappa shape index (κ3) is 2.09. The number of hydrogen-bond acceptors (Lipinski definition) is 4. The van der Waals surface area contributed by atoms with Crippen molar-refractivity contribution in [3.05, 3.63) is 23.8 Å². The molecule has 5 heteroatoms. The van der Waals surface area contributed by atoms with Gasteiger partial charge in [0.05, 0.1) is 6.54 Å². The van der Waals surface area contributed by atoms with Crippen molar-refractivity contribution in [2.45, 2.75) is 39.7 Å². The Morgan fingerprint density at radius 3 is 2.84 bits per heavy atom. The van der Waals surface area contributed by atoms with Gasteiger partial charge in [0.1, 0.15) is 0 Å². The first-order valence-corrected chi connectivity index (χ1v) is 6.77. The predicted octanol–water partition coefficient (Wildman–Crippen LogP) is 2.42. The Labute approximate surface area is 112 Å². The molecule has 1 aliphatic carbocycles. The van der Waals surface area contributed by atoms with E-state index < -0.39 is 0 Å². The van der Waals surface area contributed by atoms with Gasteiger partial charge in [0.15, 0.2) is 5.82 Å². The van der Waals surface area contributed by atoms with E-state index >= 15 is 0 Å². The van der Waals surface area contributed by atoms with Crippen molar-refractivity contribution in [3.63, 3.8) is 0 Å². The second-order valence-electron chi connectivity index (χ2n) is 5.53. The molecule has 0 aliphatic heterocycles. The second kappa shape index (κ2) is 4.33. The fourth-order valence-electron chi connectivity index (χ4n) is 2.52. The van der Waals surface area contributed by atoms with Crippen molar-refractivity contribution in [1.29, 1.82) is 0 Å². The minimum Gasteiger partial charge on any atom is -0.398 e. The summed E-state index contributed by atoms with van der Waals surface area (Å²) in [4.78, 5) is 0. The summed E-state index contributed by atoms with van der Waals surface area (Å²) in [6, 6.07) is 5.88. The summed E-state index contributed by atoms with van der Waals surface area (Å²) in [5.41, 5.74) is 9.23. The molecule has 1 fully saturated rings. The standard InChI is InChI=1S/C14H19N5/c1-3-14(7-8-14)9-19-13(16-17-18-19)11-5-4-6-12(15)10(11)2/h4-6H,3,7-9,15H2,1-2H3. The molecule has 0 amide bonds. The highest BCUT2D eigenvalue weighted by Gasteiger charge is 2.41. The van der Waals surface area contributed by atoms with Crippen molar-refractivity contribution in [1.82, 2.24) is 20.2 Å². The first kappa shape index (κ1) is 12.1. The number of anilines is 1. The maximum absolute atomic E-state index is 5.96. The van der Waals surface area contributed by atoms with E-state index in [1.54, 1.807) is 0 Å². The third-order valence-electron chi connectivity index (χ3n) is 4.34. The zero-order valence-electron chi connectivity index (χ0n) is 11.4. The quantitative estimate of drug-likeness (QED) is 0.854. The molecular weight excluding hydrogens is 238 g/mol. The largest absolute Gasteiger partial charge is 0.398 e. The first-order valence-electron chi connectivity index (χ1n) is 6.77. The van der Waals surface area contributed by atoms with Gasteiger partial charge >= 0.3 is 0 Å². The topological polar surface area (TPSA) is 69.6 Å². The van der Waals surface area contributed by atoms with Crippen LogP contribution in [-0.2, 0) is 6.54 Å². The Hall–Kier alpha value is -1.91. The molecule has 1 aromatic heterocycles. The van der Waals surface area contributed by atoms with Gasteiger partial charge in [-0.15, -0.1) is 5.10 Å². The Morgan fingerprint density at radius 1 is 1.37 bits per heavy atom. The molecule has 1 aromatic carbocycles. The van der Waals surface area contributed by atoms with E-state index in [4.69, 9.17) is 5.73 Å². The predicted molar refractivity (Wildman–Crippen MR) is 74.4 cm³/mol. The van der Waals surface area contributed by atoms with Gasteiger partial charge in [-0.2, -0.15) is 0 Å². The summed E-state index contributed by atoms with van der Waals surface area (Å²) >= 11 is 0. The lowest BCUT2D eigenvalue weighted by molar-refractivity contribution is 0.382. The van der Waals surface area contributed by atoms with Crippen LogP contribution in [-0.4, -0.2) is 20.2 Å². The Morgan fingerprint density at radius 2 is 2.16 bits per heavy atom. The number of benzene rings is 1. The van der Waals surface area contributed by atoms with Gasteiger partial charge in [0.25, 0.3) is 0 Å². The van der Waals surface area contributed by atoms with Crippen LogP contribution in [0.25, 0.3) is 11.4 Å². The molecule has 1 saturated carbocycles. The normalized spacial score (nSPS) is 16.5. The van der Waals surface area contributed by atoms with E-state index in [-0.39, 0.29) is 0 Å². The molecule has 1 aliphatic rings. The number of aromatic nitrogens is 4. The monoisotopic (exact) mass is 257 g/mol. The van der Waals surface area contributed by atoms with Crippen LogP contribution in [0.15, 0.2) is 18.2 Å². The molecule has 0 bridgehead atoms. The maximum atomic E-state index is 5.96. The zero-order chi connectivity index (χ0) is 13.5. The van der Waals surface area contributed by atoms with Crippen LogP contribution in [0.4, 0.5) is 5.69 Å². The fraction of sp³-hybridized carbons (Fsp3) is 0.500. The molecule has 0 spiro atoms. The second-order valence-corrected chi connectivity index (χ2v) is 5.53.